The lowest BCUT2D eigenvalue weighted by atomic mass is 10.0. The van der Waals surface area contributed by atoms with Gasteiger partial charge in [-0.15, -0.1) is 0 Å². The van der Waals surface area contributed by atoms with Crippen molar-refractivity contribution in [1.82, 2.24) is 0 Å². The molecule has 10 heavy (non-hydrogen) atoms. The summed E-state index contributed by atoms with van der Waals surface area (Å²) in [5, 5.41) is 0. The van der Waals surface area contributed by atoms with Crippen molar-refractivity contribution in [2.24, 2.45) is 15.8 Å². The quantitative estimate of drug-likeness (QED) is 0.495. The maximum atomic E-state index is 4.19. The molecule has 0 N–H and O–H groups in total. The van der Waals surface area contributed by atoms with Gasteiger partial charge in [0.15, 0.2) is 0 Å². The smallest absolute Gasteiger partial charge is 0.0686 e. The Hall–Kier alpha value is -0.330. The molecule has 1 heteroatoms. The maximum absolute atomic E-state index is 4.19. The molecule has 0 bridgehead atoms. The molecule has 58 valence electrons. The van der Waals surface area contributed by atoms with Crippen LogP contribution in [-0.4, -0.2) is 12.3 Å². The van der Waals surface area contributed by atoms with Gasteiger partial charge in [0.05, 0.1) is 5.54 Å². The number of nitrogens with zero attached hydrogens (tertiary/aromatic N) is 1. The van der Waals surface area contributed by atoms with Crippen LogP contribution in [0.5, 0.6) is 0 Å². The van der Waals surface area contributed by atoms with E-state index in [2.05, 4.69) is 46.3 Å². The van der Waals surface area contributed by atoms with Crippen LogP contribution >= 0.6 is 0 Å². The Balaban J connectivity index is 3.00. The molecule has 0 aromatic carbocycles. The number of hydrogen-bond acceptors (Lipinski definition) is 1. The first-order valence-electron chi connectivity index (χ1n) is 3.79. The van der Waals surface area contributed by atoms with Crippen molar-refractivity contribution < 1.29 is 0 Å². The molecule has 1 aliphatic rings. The zero-order valence-corrected chi connectivity index (χ0v) is 7.65. The SMILES string of the molecule is C=NC1(C)C(C)(C)C1(C)C. The van der Waals surface area contributed by atoms with E-state index in [0.29, 0.717) is 10.8 Å². The van der Waals surface area contributed by atoms with Crippen molar-refractivity contribution in [3.63, 3.8) is 0 Å². The van der Waals surface area contributed by atoms with Gasteiger partial charge in [-0.2, -0.15) is 0 Å². The van der Waals surface area contributed by atoms with E-state index in [1.807, 2.05) is 0 Å². The Morgan fingerprint density at radius 2 is 1.20 bits per heavy atom. The number of hydrogen-bond donors (Lipinski definition) is 0. The summed E-state index contributed by atoms with van der Waals surface area (Å²) in [5.74, 6) is 0. The highest BCUT2D eigenvalue weighted by atomic mass is 15.0. The third-order valence-corrected chi connectivity index (χ3v) is 4.25. The number of rotatable bonds is 1. The van der Waals surface area contributed by atoms with Gasteiger partial charge in [0.2, 0.25) is 0 Å². The van der Waals surface area contributed by atoms with Crippen LogP contribution in [-0.2, 0) is 0 Å². The monoisotopic (exact) mass is 139 g/mol. The summed E-state index contributed by atoms with van der Waals surface area (Å²) in [4.78, 5) is 4.19. The largest absolute Gasteiger partial charge is 0.293 e. The van der Waals surface area contributed by atoms with Crippen molar-refractivity contribution in [3.05, 3.63) is 0 Å². The highest BCUT2D eigenvalue weighted by Gasteiger charge is 2.74. The van der Waals surface area contributed by atoms with Gasteiger partial charge < -0.3 is 0 Å². The van der Waals surface area contributed by atoms with Crippen LogP contribution in [0.15, 0.2) is 4.99 Å². The first kappa shape index (κ1) is 7.77. The molecule has 0 heterocycles. The molecular weight excluding hydrogens is 122 g/mol. The van der Waals surface area contributed by atoms with E-state index >= 15 is 0 Å². The standard InChI is InChI=1S/C9H17N/c1-7(2)8(3,4)9(7,5)10-6/h6H2,1-5H3. The maximum Gasteiger partial charge on any atom is 0.0686 e. The summed E-state index contributed by atoms with van der Waals surface area (Å²) in [5.41, 5.74) is 0.740. The van der Waals surface area contributed by atoms with Crippen molar-refractivity contribution in [3.8, 4) is 0 Å². The first-order valence-corrected chi connectivity index (χ1v) is 3.79. The highest BCUT2D eigenvalue weighted by Crippen LogP contribution is 2.72. The summed E-state index contributed by atoms with van der Waals surface area (Å²) in [7, 11) is 0. The molecule has 1 rings (SSSR count). The minimum atomic E-state index is 0.0972. The van der Waals surface area contributed by atoms with Gasteiger partial charge in [0.25, 0.3) is 0 Å². The average Bonchev–Trinajstić information content (AvgIpc) is 2.11. The van der Waals surface area contributed by atoms with Gasteiger partial charge >= 0.3 is 0 Å². The Morgan fingerprint density at radius 3 is 1.20 bits per heavy atom. The summed E-state index contributed by atoms with van der Waals surface area (Å²) in [6.45, 7) is 14.8. The van der Waals surface area contributed by atoms with E-state index in [0.717, 1.165) is 0 Å². The molecule has 0 unspecified atom stereocenters. The van der Waals surface area contributed by atoms with Gasteiger partial charge in [0.1, 0.15) is 0 Å². The molecule has 1 aliphatic carbocycles. The third-order valence-electron chi connectivity index (χ3n) is 4.25. The van der Waals surface area contributed by atoms with Crippen LogP contribution in [0.25, 0.3) is 0 Å². The second kappa shape index (κ2) is 1.46. The Bertz CT molecular complexity index is 163. The second-order valence-corrected chi connectivity index (χ2v) is 4.48. The summed E-state index contributed by atoms with van der Waals surface area (Å²) in [6, 6.07) is 0. The molecular formula is C9H17N. The molecule has 0 saturated heterocycles. The molecule has 0 radical (unpaired) electrons. The first-order chi connectivity index (χ1) is 4.31. The normalized spacial score (nSPS) is 31.3. The van der Waals surface area contributed by atoms with E-state index in [-0.39, 0.29) is 5.54 Å². The van der Waals surface area contributed by atoms with Crippen molar-refractivity contribution >= 4 is 6.72 Å². The molecule has 0 aliphatic heterocycles. The second-order valence-electron chi connectivity index (χ2n) is 4.48. The van der Waals surface area contributed by atoms with E-state index in [1.165, 1.54) is 0 Å². The minimum Gasteiger partial charge on any atom is -0.293 e. The predicted molar refractivity (Wildman–Crippen MR) is 45.5 cm³/mol. The van der Waals surface area contributed by atoms with Crippen molar-refractivity contribution in [2.75, 3.05) is 0 Å². The summed E-state index contributed by atoms with van der Waals surface area (Å²) in [6.07, 6.45) is 0. The van der Waals surface area contributed by atoms with Gasteiger partial charge in [-0.25, -0.2) is 0 Å². The van der Waals surface area contributed by atoms with Gasteiger partial charge in [-0.1, -0.05) is 27.7 Å². The predicted octanol–water partition coefficient (Wildman–Crippen LogP) is 2.51. The molecule has 1 fully saturated rings. The van der Waals surface area contributed by atoms with Crippen LogP contribution in [0, 0.1) is 10.8 Å². The molecule has 0 atom stereocenters. The van der Waals surface area contributed by atoms with E-state index in [4.69, 9.17) is 0 Å². The molecule has 1 nitrogen and oxygen atoms in total. The number of aliphatic imine (C=N–C) groups is 1. The molecule has 0 amide bonds. The summed E-state index contributed by atoms with van der Waals surface area (Å²) < 4.78 is 0. The van der Waals surface area contributed by atoms with Gasteiger partial charge in [0, 0.05) is 0 Å². The average molecular weight is 139 g/mol. The van der Waals surface area contributed by atoms with Crippen LogP contribution in [0.2, 0.25) is 0 Å². The van der Waals surface area contributed by atoms with Crippen LogP contribution in [0.3, 0.4) is 0 Å². The van der Waals surface area contributed by atoms with Crippen LogP contribution < -0.4 is 0 Å². The van der Waals surface area contributed by atoms with Crippen LogP contribution in [0.1, 0.15) is 34.6 Å². The Kier molecular flexibility index (Phi) is 1.14. The molecule has 0 aromatic rings. The van der Waals surface area contributed by atoms with E-state index in [9.17, 15) is 0 Å². The highest BCUT2D eigenvalue weighted by molar-refractivity contribution is 5.37. The van der Waals surface area contributed by atoms with Crippen molar-refractivity contribution in [2.45, 2.75) is 40.2 Å². The Labute approximate surface area is 63.5 Å². The van der Waals surface area contributed by atoms with Gasteiger partial charge in [-0.05, 0) is 24.5 Å². The van der Waals surface area contributed by atoms with Crippen LogP contribution in [0.4, 0.5) is 0 Å². The Morgan fingerprint density at radius 1 is 0.900 bits per heavy atom. The molecule has 1 saturated carbocycles. The lowest BCUT2D eigenvalue weighted by molar-refractivity contribution is 0.457. The zero-order chi connectivity index (χ0) is 8.21. The fraction of sp³-hybridized carbons (Fsp3) is 0.889. The zero-order valence-electron chi connectivity index (χ0n) is 7.65. The fourth-order valence-electron chi connectivity index (χ4n) is 1.96. The lowest BCUT2D eigenvalue weighted by Gasteiger charge is -2.06. The minimum absolute atomic E-state index is 0.0972. The topological polar surface area (TPSA) is 12.4 Å². The van der Waals surface area contributed by atoms with E-state index in [1.54, 1.807) is 0 Å². The van der Waals surface area contributed by atoms with Crippen molar-refractivity contribution in [1.29, 1.82) is 0 Å². The lowest BCUT2D eigenvalue weighted by Crippen LogP contribution is -2.08. The molecule has 0 aromatic heterocycles. The van der Waals surface area contributed by atoms with E-state index < -0.39 is 0 Å². The van der Waals surface area contributed by atoms with Gasteiger partial charge in [-0.3, -0.25) is 4.99 Å². The third kappa shape index (κ3) is 0.446. The summed E-state index contributed by atoms with van der Waals surface area (Å²) >= 11 is 0. The fourth-order valence-corrected chi connectivity index (χ4v) is 1.96. The molecule has 0 spiro atoms.